The summed E-state index contributed by atoms with van der Waals surface area (Å²) in [5, 5.41) is 3.08. The summed E-state index contributed by atoms with van der Waals surface area (Å²) in [6.45, 7) is 2.91. The molecule has 0 amide bonds. The second-order valence-electron chi connectivity index (χ2n) is 2.34. The average Bonchev–Trinajstić information content (AvgIpc) is 2.40. The Labute approximate surface area is 61.1 Å². The first kappa shape index (κ1) is 6.93. The molecule has 0 aromatic heterocycles. The lowest BCUT2D eigenvalue weighted by Crippen LogP contribution is -2.00. The third kappa shape index (κ3) is 1.65. The van der Waals surface area contributed by atoms with E-state index in [2.05, 4.69) is 11.4 Å². The lowest BCUT2D eigenvalue weighted by Gasteiger charge is -1.93. The van der Waals surface area contributed by atoms with Crippen LogP contribution in [0.5, 0.6) is 0 Å². The molecule has 1 aliphatic rings. The number of hydrogen-bond donors (Lipinski definition) is 2. The van der Waals surface area contributed by atoms with Crippen LogP contribution in [0.1, 0.15) is 6.92 Å². The summed E-state index contributed by atoms with van der Waals surface area (Å²) in [4.78, 5) is 0. The van der Waals surface area contributed by atoms with Crippen molar-refractivity contribution >= 4 is 0 Å². The summed E-state index contributed by atoms with van der Waals surface area (Å²) in [7, 11) is 0. The summed E-state index contributed by atoms with van der Waals surface area (Å²) in [5.74, 6) is 0. The molecule has 0 aromatic carbocycles. The van der Waals surface area contributed by atoms with Crippen molar-refractivity contribution in [2.75, 3.05) is 6.54 Å². The topological polar surface area (TPSA) is 38.0 Å². The molecule has 1 heterocycles. The maximum absolute atomic E-state index is 5.30. The molecule has 0 saturated heterocycles. The summed E-state index contributed by atoms with van der Waals surface area (Å²) in [6, 6.07) is 0. The average molecular weight is 136 g/mol. The smallest absolute Gasteiger partial charge is 0.0395 e. The van der Waals surface area contributed by atoms with E-state index in [1.54, 1.807) is 6.20 Å². The van der Waals surface area contributed by atoms with E-state index in [1.165, 1.54) is 5.57 Å². The Balaban J connectivity index is 2.62. The Morgan fingerprint density at radius 2 is 2.60 bits per heavy atom. The minimum atomic E-state index is 0.922. The van der Waals surface area contributed by atoms with Gasteiger partial charge in [0, 0.05) is 6.54 Å². The second kappa shape index (κ2) is 3.11. The van der Waals surface area contributed by atoms with Crippen LogP contribution in [-0.4, -0.2) is 6.54 Å². The number of allylic oxidation sites excluding steroid dienone is 2. The van der Waals surface area contributed by atoms with Gasteiger partial charge in [-0.25, -0.2) is 0 Å². The summed E-state index contributed by atoms with van der Waals surface area (Å²) in [6.07, 6.45) is 7.66. The van der Waals surface area contributed by atoms with E-state index in [0.717, 1.165) is 12.1 Å². The van der Waals surface area contributed by atoms with E-state index < -0.39 is 0 Å². The molecular formula is C8H12N2. The van der Waals surface area contributed by atoms with E-state index in [4.69, 9.17) is 5.73 Å². The van der Waals surface area contributed by atoms with Crippen molar-refractivity contribution < 1.29 is 0 Å². The fourth-order valence-corrected chi connectivity index (χ4v) is 0.841. The van der Waals surface area contributed by atoms with Crippen LogP contribution in [0.3, 0.4) is 0 Å². The van der Waals surface area contributed by atoms with Gasteiger partial charge in [0.15, 0.2) is 0 Å². The van der Waals surface area contributed by atoms with E-state index in [1.807, 2.05) is 19.2 Å². The van der Waals surface area contributed by atoms with Crippen LogP contribution in [0.25, 0.3) is 0 Å². The van der Waals surface area contributed by atoms with E-state index in [-0.39, 0.29) is 0 Å². The molecule has 0 radical (unpaired) electrons. The molecule has 2 nitrogen and oxygen atoms in total. The van der Waals surface area contributed by atoms with Crippen LogP contribution >= 0.6 is 0 Å². The van der Waals surface area contributed by atoms with Gasteiger partial charge in [-0.05, 0) is 36.5 Å². The van der Waals surface area contributed by atoms with Gasteiger partial charge < -0.3 is 11.1 Å². The molecule has 2 heteroatoms. The van der Waals surface area contributed by atoms with Crippen LogP contribution in [0.4, 0.5) is 0 Å². The van der Waals surface area contributed by atoms with Gasteiger partial charge in [-0.15, -0.1) is 0 Å². The first-order valence-corrected chi connectivity index (χ1v) is 3.32. The number of hydrogen-bond acceptors (Lipinski definition) is 2. The molecule has 1 rings (SSSR count). The first-order chi connectivity index (χ1) is 4.83. The van der Waals surface area contributed by atoms with Gasteiger partial charge in [-0.2, -0.15) is 0 Å². The minimum Gasteiger partial charge on any atom is -0.404 e. The molecule has 0 unspecified atom stereocenters. The van der Waals surface area contributed by atoms with Crippen molar-refractivity contribution in [2.45, 2.75) is 6.92 Å². The van der Waals surface area contributed by atoms with E-state index in [9.17, 15) is 0 Å². The molecule has 0 spiro atoms. The van der Waals surface area contributed by atoms with Gasteiger partial charge in [0.2, 0.25) is 0 Å². The van der Waals surface area contributed by atoms with Gasteiger partial charge in [0.05, 0.1) is 0 Å². The van der Waals surface area contributed by atoms with E-state index >= 15 is 0 Å². The SMILES string of the molecule is CC(=C/N)/C=C1/C=CNC1. The molecule has 3 N–H and O–H groups in total. The van der Waals surface area contributed by atoms with Gasteiger partial charge >= 0.3 is 0 Å². The zero-order valence-corrected chi connectivity index (χ0v) is 6.09. The Morgan fingerprint density at radius 3 is 3.10 bits per heavy atom. The molecule has 0 bridgehead atoms. The molecule has 0 aliphatic carbocycles. The number of nitrogens with two attached hydrogens (primary N) is 1. The fraction of sp³-hybridized carbons (Fsp3) is 0.250. The molecule has 0 fully saturated rings. The predicted octanol–water partition coefficient (Wildman–Crippen LogP) is 0.892. The summed E-state index contributed by atoms with van der Waals surface area (Å²) < 4.78 is 0. The third-order valence-corrected chi connectivity index (χ3v) is 1.40. The van der Waals surface area contributed by atoms with Crippen molar-refractivity contribution in [3.05, 3.63) is 35.7 Å². The van der Waals surface area contributed by atoms with Crippen molar-refractivity contribution in [1.29, 1.82) is 0 Å². The van der Waals surface area contributed by atoms with E-state index in [0.29, 0.717) is 0 Å². The standard InChI is InChI=1S/C8H12N2/c1-7(5-9)4-8-2-3-10-6-8/h2-5,10H,6,9H2,1H3/b7-5-,8-4-. The highest BCUT2D eigenvalue weighted by Gasteiger charge is 1.95. The molecule has 0 aromatic rings. The highest BCUT2D eigenvalue weighted by atomic mass is 14.8. The Bertz CT molecular complexity index is 199. The van der Waals surface area contributed by atoms with Crippen molar-refractivity contribution in [3.8, 4) is 0 Å². The molecule has 54 valence electrons. The lowest BCUT2D eigenvalue weighted by molar-refractivity contribution is 1.00. The Morgan fingerprint density at radius 1 is 1.80 bits per heavy atom. The molecule has 0 atom stereocenters. The van der Waals surface area contributed by atoms with Crippen LogP contribution in [-0.2, 0) is 0 Å². The Hall–Kier alpha value is -1.18. The highest BCUT2D eigenvalue weighted by Crippen LogP contribution is 2.04. The minimum absolute atomic E-state index is 0.922. The quantitative estimate of drug-likeness (QED) is 0.562. The fourth-order valence-electron chi connectivity index (χ4n) is 0.841. The summed E-state index contributed by atoms with van der Waals surface area (Å²) in [5.41, 5.74) is 7.68. The number of rotatable bonds is 1. The van der Waals surface area contributed by atoms with Crippen molar-refractivity contribution in [2.24, 2.45) is 5.73 Å². The van der Waals surface area contributed by atoms with Crippen LogP contribution < -0.4 is 11.1 Å². The first-order valence-electron chi connectivity index (χ1n) is 3.32. The van der Waals surface area contributed by atoms with Crippen LogP contribution in [0, 0.1) is 0 Å². The van der Waals surface area contributed by atoms with Crippen LogP contribution in [0.15, 0.2) is 35.7 Å². The zero-order chi connectivity index (χ0) is 7.40. The van der Waals surface area contributed by atoms with Crippen molar-refractivity contribution in [1.82, 2.24) is 5.32 Å². The monoisotopic (exact) mass is 136 g/mol. The maximum atomic E-state index is 5.30. The molecular weight excluding hydrogens is 124 g/mol. The van der Waals surface area contributed by atoms with Gasteiger partial charge in [-0.1, -0.05) is 6.08 Å². The summed E-state index contributed by atoms with van der Waals surface area (Å²) >= 11 is 0. The normalized spacial score (nSPS) is 21.7. The number of nitrogens with one attached hydrogen (secondary N) is 1. The zero-order valence-electron chi connectivity index (χ0n) is 6.09. The second-order valence-corrected chi connectivity index (χ2v) is 2.34. The van der Waals surface area contributed by atoms with Crippen molar-refractivity contribution in [3.63, 3.8) is 0 Å². The van der Waals surface area contributed by atoms with Gasteiger partial charge in [0.25, 0.3) is 0 Å². The molecule has 1 aliphatic heterocycles. The highest BCUT2D eigenvalue weighted by molar-refractivity contribution is 5.32. The molecule has 0 saturated carbocycles. The van der Waals surface area contributed by atoms with Gasteiger partial charge in [0.1, 0.15) is 0 Å². The third-order valence-electron chi connectivity index (χ3n) is 1.40. The lowest BCUT2D eigenvalue weighted by atomic mass is 10.2. The molecule has 10 heavy (non-hydrogen) atoms. The largest absolute Gasteiger partial charge is 0.404 e. The maximum Gasteiger partial charge on any atom is 0.0395 e. The van der Waals surface area contributed by atoms with Gasteiger partial charge in [-0.3, -0.25) is 0 Å². The predicted molar refractivity (Wildman–Crippen MR) is 43.2 cm³/mol. The van der Waals surface area contributed by atoms with Crippen LogP contribution in [0.2, 0.25) is 0 Å². The Kier molecular flexibility index (Phi) is 2.15.